The van der Waals surface area contributed by atoms with Crippen molar-refractivity contribution in [3.63, 3.8) is 0 Å². The number of amides is 1. The van der Waals surface area contributed by atoms with Gasteiger partial charge in [-0.15, -0.1) is 0 Å². The van der Waals surface area contributed by atoms with Gasteiger partial charge in [-0.3, -0.25) is 9.59 Å². The van der Waals surface area contributed by atoms with E-state index in [1.54, 1.807) is 0 Å². The predicted octanol–water partition coefficient (Wildman–Crippen LogP) is 1.40. The highest BCUT2D eigenvalue weighted by Gasteiger charge is 2.37. The second-order valence-electron chi connectivity index (χ2n) is 4.78. The summed E-state index contributed by atoms with van der Waals surface area (Å²) in [6.07, 6.45) is 4.52. The van der Waals surface area contributed by atoms with Crippen LogP contribution < -0.4 is 5.32 Å². The molecule has 1 saturated carbocycles. The van der Waals surface area contributed by atoms with Gasteiger partial charge in [0.1, 0.15) is 6.54 Å². The summed E-state index contributed by atoms with van der Waals surface area (Å²) < 4.78 is 0. The standard InChI is InChI=1S/C11H19NO3/c1-11(2,8-5-3-4-6-8)10(15)12-7-9(13)14/h8H,3-7H2,1-2H3,(H,12,15)(H,13,14). The van der Waals surface area contributed by atoms with E-state index in [2.05, 4.69) is 5.32 Å². The molecule has 0 spiro atoms. The van der Waals surface area contributed by atoms with E-state index < -0.39 is 11.4 Å². The Morgan fingerprint density at radius 2 is 1.87 bits per heavy atom. The summed E-state index contributed by atoms with van der Waals surface area (Å²) in [6.45, 7) is 3.52. The summed E-state index contributed by atoms with van der Waals surface area (Å²) in [5.41, 5.74) is -0.439. The highest BCUT2D eigenvalue weighted by atomic mass is 16.4. The minimum atomic E-state index is -0.995. The summed E-state index contributed by atoms with van der Waals surface area (Å²) in [7, 11) is 0. The minimum Gasteiger partial charge on any atom is -0.480 e. The van der Waals surface area contributed by atoms with E-state index in [4.69, 9.17) is 5.11 Å². The van der Waals surface area contributed by atoms with Gasteiger partial charge in [-0.05, 0) is 18.8 Å². The fourth-order valence-electron chi connectivity index (χ4n) is 2.22. The molecule has 15 heavy (non-hydrogen) atoms. The highest BCUT2D eigenvalue weighted by molar-refractivity contribution is 5.85. The van der Waals surface area contributed by atoms with Gasteiger partial charge in [0.2, 0.25) is 5.91 Å². The molecule has 2 N–H and O–H groups in total. The molecule has 0 aromatic carbocycles. The van der Waals surface area contributed by atoms with Crippen molar-refractivity contribution in [2.45, 2.75) is 39.5 Å². The number of carboxylic acids is 1. The topological polar surface area (TPSA) is 66.4 Å². The van der Waals surface area contributed by atoms with Crippen LogP contribution in [0.1, 0.15) is 39.5 Å². The molecule has 0 aromatic rings. The van der Waals surface area contributed by atoms with E-state index in [-0.39, 0.29) is 12.5 Å². The molecule has 4 nitrogen and oxygen atoms in total. The molecular formula is C11H19NO3. The zero-order chi connectivity index (χ0) is 11.5. The summed E-state index contributed by atoms with van der Waals surface area (Å²) in [5, 5.41) is 10.9. The maximum absolute atomic E-state index is 11.8. The Hall–Kier alpha value is -1.06. The minimum absolute atomic E-state index is 0.142. The summed E-state index contributed by atoms with van der Waals surface area (Å²) >= 11 is 0. The Morgan fingerprint density at radius 1 is 1.33 bits per heavy atom. The number of carboxylic acid groups (broad SMARTS) is 1. The lowest BCUT2D eigenvalue weighted by Gasteiger charge is -2.29. The fourth-order valence-corrected chi connectivity index (χ4v) is 2.22. The second-order valence-corrected chi connectivity index (χ2v) is 4.78. The number of rotatable bonds is 4. The molecule has 1 amide bonds. The van der Waals surface area contributed by atoms with Crippen molar-refractivity contribution >= 4 is 11.9 Å². The number of carbonyl (C=O) groups excluding carboxylic acids is 1. The average molecular weight is 213 g/mol. The first-order chi connectivity index (χ1) is 6.94. The van der Waals surface area contributed by atoms with Crippen molar-refractivity contribution in [1.82, 2.24) is 5.32 Å². The van der Waals surface area contributed by atoms with Crippen molar-refractivity contribution in [2.75, 3.05) is 6.54 Å². The molecule has 1 aliphatic carbocycles. The Bertz CT molecular complexity index is 255. The quantitative estimate of drug-likeness (QED) is 0.742. The normalized spacial score (nSPS) is 17.7. The predicted molar refractivity (Wildman–Crippen MR) is 56.4 cm³/mol. The van der Waals surface area contributed by atoms with Crippen LogP contribution in [0.3, 0.4) is 0 Å². The SMILES string of the molecule is CC(C)(C(=O)NCC(=O)O)C1CCCC1. The number of nitrogens with one attached hydrogen (secondary N) is 1. The van der Waals surface area contributed by atoms with Crippen LogP contribution in [0.5, 0.6) is 0 Å². The van der Waals surface area contributed by atoms with Crippen molar-refractivity contribution in [3.8, 4) is 0 Å². The van der Waals surface area contributed by atoms with E-state index in [9.17, 15) is 9.59 Å². The maximum atomic E-state index is 11.8. The number of aliphatic carboxylic acids is 1. The molecule has 0 heterocycles. The molecule has 0 bridgehead atoms. The molecule has 4 heteroatoms. The number of hydrogen-bond acceptors (Lipinski definition) is 2. The van der Waals surface area contributed by atoms with E-state index in [1.165, 1.54) is 12.8 Å². The average Bonchev–Trinajstić information content (AvgIpc) is 2.66. The number of carbonyl (C=O) groups is 2. The van der Waals surface area contributed by atoms with Gasteiger partial charge in [0.15, 0.2) is 0 Å². The Kier molecular flexibility index (Phi) is 3.72. The lowest BCUT2D eigenvalue weighted by molar-refractivity contribution is -0.140. The van der Waals surface area contributed by atoms with E-state index in [0.717, 1.165) is 12.8 Å². The van der Waals surface area contributed by atoms with Gasteiger partial charge >= 0.3 is 5.97 Å². The summed E-state index contributed by atoms with van der Waals surface area (Å²) in [4.78, 5) is 22.1. The molecule has 1 aliphatic rings. The Labute approximate surface area is 90.0 Å². The first kappa shape index (κ1) is 12.0. The third-order valence-electron chi connectivity index (χ3n) is 3.36. The molecule has 0 unspecified atom stereocenters. The Balaban J connectivity index is 2.51. The smallest absolute Gasteiger partial charge is 0.322 e. The van der Waals surface area contributed by atoms with Gasteiger partial charge in [0.25, 0.3) is 0 Å². The first-order valence-corrected chi connectivity index (χ1v) is 5.44. The van der Waals surface area contributed by atoms with Gasteiger partial charge < -0.3 is 10.4 Å². The monoisotopic (exact) mass is 213 g/mol. The van der Waals surface area contributed by atoms with Crippen LogP contribution in [0.15, 0.2) is 0 Å². The third kappa shape index (κ3) is 2.94. The molecule has 0 saturated heterocycles. The molecule has 0 radical (unpaired) electrons. The zero-order valence-electron chi connectivity index (χ0n) is 9.38. The lowest BCUT2D eigenvalue weighted by Crippen LogP contribution is -2.43. The van der Waals surface area contributed by atoms with Gasteiger partial charge in [-0.1, -0.05) is 26.7 Å². The van der Waals surface area contributed by atoms with E-state index >= 15 is 0 Å². The summed E-state index contributed by atoms with van der Waals surface area (Å²) in [5.74, 6) is -0.742. The zero-order valence-corrected chi connectivity index (χ0v) is 9.38. The molecule has 0 aromatic heterocycles. The van der Waals surface area contributed by atoms with Crippen LogP contribution in [0.25, 0.3) is 0 Å². The van der Waals surface area contributed by atoms with Gasteiger partial charge in [-0.2, -0.15) is 0 Å². The summed E-state index contributed by atoms with van der Waals surface area (Å²) in [6, 6.07) is 0. The van der Waals surface area contributed by atoms with Crippen molar-refractivity contribution < 1.29 is 14.7 Å². The Morgan fingerprint density at radius 3 is 2.33 bits per heavy atom. The maximum Gasteiger partial charge on any atom is 0.322 e. The van der Waals surface area contributed by atoms with Crippen LogP contribution in [-0.4, -0.2) is 23.5 Å². The van der Waals surface area contributed by atoms with Crippen LogP contribution in [-0.2, 0) is 9.59 Å². The van der Waals surface area contributed by atoms with Crippen molar-refractivity contribution in [3.05, 3.63) is 0 Å². The molecule has 0 atom stereocenters. The fraction of sp³-hybridized carbons (Fsp3) is 0.818. The molecule has 1 rings (SSSR count). The van der Waals surface area contributed by atoms with Crippen LogP contribution in [0, 0.1) is 11.3 Å². The van der Waals surface area contributed by atoms with Crippen molar-refractivity contribution in [1.29, 1.82) is 0 Å². The molecule has 86 valence electrons. The number of hydrogen-bond donors (Lipinski definition) is 2. The lowest BCUT2D eigenvalue weighted by atomic mass is 9.77. The van der Waals surface area contributed by atoms with Crippen LogP contribution in [0.4, 0.5) is 0 Å². The van der Waals surface area contributed by atoms with Crippen LogP contribution in [0.2, 0.25) is 0 Å². The second kappa shape index (κ2) is 4.64. The highest BCUT2D eigenvalue weighted by Crippen LogP contribution is 2.39. The van der Waals surface area contributed by atoms with Gasteiger partial charge in [0.05, 0.1) is 0 Å². The van der Waals surface area contributed by atoms with Gasteiger partial charge in [0, 0.05) is 5.41 Å². The molecule has 1 fully saturated rings. The molecule has 0 aliphatic heterocycles. The van der Waals surface area contributed by atoms with E-state index in [0.29, 0.717) is 5.92 Å². The largest absolute Gasteiger partial charge is 0.480 e. The van der Waals surface area contributed by atoms with E-state index in [1.807, 2.05) is 13.8 Å². The van der Waals surface area contributed by atoms with Gasteiger partial charge in [-0.25, -0.2) is 0 Å². The molecular weight excluding hydrogens is 194 g/mol. The third-order valence-corrected chi connectivity index (χ3v) is 3.36. The van der Waals surface area contributed by atoms with Crippen molar-refractivity contribution in [2.24, 2.45) is 11.3 Å². The first-order valence-electron chi connectivity index (χ1n) is 5.44. The van der Waals surface area contributed by atoms with Crippen LogP contribution >= 0.6 is 0 Å².